The molecule has 14 heavy (non-hydrogen) atoms. The van der Waals surface area contributed by atoms with Crippen LogP contribution in [0.15, 0.2) is 0 Å². The third-order valence-corrected chi connectivity index (χ3v) is 3.82. The predicted molar refractivity (Wildman–Crippen MR) is 59.0 cm³/mol. The summed E-state index contributed by atoms with van der Waals surface area (Å²) >= 11 is 0. The standard InChI is InChI=1S/C12H20N2/c1-3-4-5-6-14-9-11-7-13-8-12(11)10(14)2/h1,10-13H,4-9H2,2H3. The molecule has 0 spiro atoms. The highest BCUT2D eigenvalue weighted by molar-refractivity contribution is 4.96. The molecule has 2 aliphatic heterocycles. The number of hydrogen-bond donors (Lipinski definition) is 1. The van der Waals surface area contributed by atoms with Crippen molar-refractivity contribution in [3.05, 3.63) is 0 Å². The summed E-state index contributed by atoms with van der Waals surface area (Å²) in [6.45, 7) is 7.29. The molecule has 2 rings (SSSR count). The lowest BCUT2D eigenvalue weighted by Crippen LogP contribution is -2.33. The fourth-order valence-electron chi connectivity index (χ4n) is 2.94. The molecule has 0 aliphatic carbocycles. The fourth-order valence-corrected chi connectivity index (χ4v) is 2.94. The molecule has 0 saturated carbocycles. The van der Waals surface area contributed by atoms with Crippen LogP contribution in [-0.4, -0.2) is 37.1 Å². The second kappa shape index (κ2) is 4.33. The number of hydrogen-bond acceptors (Lipinski definition) is 2. The average Bonchev–Trinajstić information content (AvgIpc) is 2.72. The van der Waals surface area contributed by atoms with Crippen molar-refractivity contribution in [2.45, 2.75) is 25.8 Å². The van der Waals surface area contributed by atoms with Crippen LogP contribution in [0.25, 0.3) is 0 Å². The Morgan fingerprint density at radius 2 is 2.36 bits per heavy atom. The molecule has 0 amide bonds. The molecule has 2 saturated heterocycles. The summed E-state index contributed by atoms with van der Waals surface area (Å²) in [5.74, 6) is 4.51. The van der Waals surface area contributed by atoms with E-state index in [4.69, 9.17) is 6.42 Å². The highest BCUT2D eigenvalue weighted by Crippen LogP contribution is 2.32. The van der Waals surface area contributed by atoms with E-state index in [1.54, 1.807) is 0 Å². The molecule has 2 nitrogen and oxygen atoms in total. The van der Waals surface area contributed by atoms with Gasteiger partial charge in [0.05, 0.1) is 0 Å². The molecule has 3 atom stereocenters. The van der Waals surface area contributed by atoms with Crippen LogP contribution in [0.2, 0.25) is 0 Å². The number of terminal acetylenes is 1. The van der Waals surface area contributed by atoms with Gasteiger partial charge in [-0.25, -0.2) is 0 Å². The van der Waals surface area contributed by atoms with Crippen LogP contribution in [-0.2, 0) is 0 Å². The van der Waals surface area contributed by atoms with Crippen LogP contribution in [0.4, 0.5) is 0 Å². The Kier molecular flexibility index (Phi) is 3.10. The van der Waals surface area contributed by atoms with Crippen molar-refractivity contribution in [1.82, 2.24) is 10.2 Å². The first-order valence-electron chi connectivity index (χ1n) is 5.71. The van der Waals surface area contributed by atoms with Gasteiger partial charge in [-0.2, -0.15) is 0 Å². The van der Waals surface area contributed by atoms with E-state index in [1.165, 1.54) is 26.2 Å². The third-order valence-electron chi connectivity index (χ3n) is 3.82. The van der Waals surface area contributed by atoms with Crippen LogP contribution in [0.5, 0.6) is 0 Å². The van der Waals surface area contributed by atoms with Crippen molar-refractivity contribution >= 4 is 0 Å². The SMILES string of the molecule is C#CCCCN1CC2CNCC2C1C. The van der Waals surface area contributed by atoms with Gasteiger partial charge >= 0.3 is 0 Å². The van der Waals surface area contributed by atoms with E-state index >= 15 is 0 Å². The van der Waals surface area contributed by atoms with Gasteiger partial charge in [0.2, 0.25) is 0 Å². The summed E-state index contributed by atoms with van der Waals surface area (Å²) in [6.07, 6.45) is 7.35. The molecule has 0 aromatic heterocycles. The van der Waals surface area contributed by atoms with Crippen molar-refractivity contribution < 1.29 is 0 Å². The fraction of sp³-hybridized carbons (Fsp3) is 0.833. The van der Waals surface area contributed by atoms with Crippen LogP contribution in [0.3, 0.4) is 0 Å². The molecule has 0 aromatic rings. The summed E-state index contributed by atoms with van der Waals surface area (Å²) < 4.78 is 0. The van der Waals surface area contributed by atoms with Crippen molar-refractivity contribution in [2.75, 3.05) is 26.2 Å². The molecule has 3 unspecified atom stereocenters. The van der Waals surface area contributed by atoms with Crippen molar-refractivity contribution in [2.24, 2.45) is 11.8 Å². The minimum absolute atomic E-state index is 0.757. The van der Waals surface area contributed by atoms with Crippen LogP contribution >= 0.6 is 0 Å². The van der Waals surface area contributed by atoms with E-state index in [0.717, 1.165) is 30.7 Å². The largest absolute Gasteiger partial charge is 0.316 e. The Bertz CT molecular complexity index is 231. The van der Waals surface area contributed by atoms with Crippen LogP contribution in [0, 0.1) is 24.2 Å². The highest BCUT2D eigenvalue weighted by Gasteiger charge is 2.41. The molecule has 2 heterocycles. The summed E-state index contributed by atoms with van der Waals surface area (Å²) in [7, 11) is 0. The lowest BCUT2D eigenvalue weighted by atomic mass is 9.95. The third kappa shape index (κ3) is 1.80. The van der Waals surface area contributed by atoms with Gasteiger partial charge in [-0.3, -0.25) is 4.90 Å². The van der Waals surface area contributed by atoms with Gasteiger partial charge in [-0.1, -0.05) is 0 Å². The van der Waals surface area contributed by atoms with Gasteiger partial charge in [-0.15, -0.1) is 12.3 Å². The first kappa shape index (κ1) is 10.0. The maximum Gasteiger partial charge on any atom is 0.0111 e. The maximum atomic E-state index is 5.26. The molecular weight excluding hydrogens is 172 g/mol. The summed E-state index contributed by atoms with van der Waals surface area (Å²) in [4.78, 5) is 2.62. The normalized spacial score (nSPS) is 37.0. The molecule has 0 radical (unpaired) electrons. The van der Waals surface area contributed by atoms with Crippen molar-refractivity contribution in [3.8, 4) is 12.3 Å². The van der Waals surface area contributed by atoms with Gasteiger partial charge in [0, 0.05) is 19.0 Å². The maximum absolute atomic E-state index is 5.26. The minimum atomic E-state index is 0.757. The molecule has 2 fully saturated rings. The van der Waals surface area contributed by atoms with Gasteiger partial charge < -0.3 is 5.32 Å². The lowest BCUT2D eigenvalue weighted by molar-refractivity contribution is 0.238. The monoisotopic (exact) mass is 192 g/mol. The number of nitrogens with one attached hydrogen (secondary N) is 1. The lowest BCUT2D eigenvalue weighted by Gasteiger charge is -2.23. The second-order valence-electron chi connectivity index (χ2n) is 4.63. The summed E-state index contributed by atoms with van der Waals surface area (Å²) in [5, 5.41) is 3.48. The number of unbranched alkanes of at least 4 members (excludes halogenated alkanes) is 1. The zero-order chi connectivity index (χ0) is 9.97. The zero-order valence-electron chi connectivity index (χ0n) is 9.00. The average molecular weight is 192 g/mol. The van der Waals surface area contributed by atoms with Gasteiger partial charge in [-0.05, 0) is 44.8 Å². The quantitative estimate of drug-likeness (QED) is 0.529. The second-order valence-corrected chi connectivity index (χ2v) is 4.63. The Morgan fingerprint density at radius 3 is 3.07 bits per heavy atom. The Balaban J connectivity index is 1.82. The molecule has 1 N–H and O–H groups in total. The molecule has 2 aliphatic rings. The Labute approximate surface area is 87.1 Å². The number of nitrogens with zero attached hydrogens (tertiary/aromatic N) is 1. The highest BCUT2D eigenvalue weighted by atomic mass is 15.2. The summed E-state index contributed by atoms with van der Waals surface area (Å²) in [6, 6.07) is 0.757. The van der Waals surface area contributed by atoms with Gasteiger partial charge in [0.25, 0.3) is 0 Å². The van der Waals surface area contributed by atoms with E-state index in [-0.39, 0.29) is 0 Å². The van der Waals surface area contributed by atoms with Gasteiger partial charge in [0.1, 0.15) is 0 Å². The number of likely N-dealkylation sites (tertiary alicyclic amines) is 1. The van der Waals surface area contributed by atoms with Crippen LogP contribution < -0.4 is 5.32 Å². The first-order valence-corrected chi connectivity index (χ1v) is 5.71. The Hall–Kier alpha value is -0.520. The van der Waals surface area contributed by atoms with E-state index in [9.17, 15) is 0 Å². The first-order chi connectivity index (χ1) is 6.83. The van der Waals surface area contributed by atoms with Crippen LogP contribution in [0.1, 0.15) is 19.8 Å². The number of fused-ring (bicyclic) bond motifs is 1. The van der Waals surface area contributed by atoms with E-state index in [1.807, 2.05) is 0 Å². The van der Waals surface area contributed by atoms with Crippen molar-refractivity contribution in [3.63, 3.8) is 0 Å². The van der Waals surface area contributed by atoms with Crippen molar-refractivity contribution in [1.29, 1.82) is 0 Å². The molecule has 0 bridgehead atoms. The molecule has 0 aromatic carbocycles. The topological polar surface area (TPSA) is 15.3 Å². The smallest absolute Gasteiger partial charge is 0.0111 e. The molecule has 78 valence electrons. The Morgan fingerprint density at radius 1 is 1.50 bits per heavy atom. The number of rotatable bonds is 3. The van der Waals surface area contributed by atoms with E-state index < -0.39 is 0 Å². The summed E-state index contributed by atoms with van der Waals surface area (Å²) in [5.41, 5.74) is 0. The molecular formula is C12H20N2. The van der Waals surface area contributed by atoms with E-state index in [2.05, 4.69) is 23.1 Å². The predicted octanol–water partition coefficient (Wildman–Crippen LogP) is 0.940. The molecule has 2 heteroatoms. The minimum Gasteiger partial charge on any atom is -0.316 e. The zero-order valence-corrected chi connectivity index (χ0v) is 9.00. The van der Waals surface area contributed by atoms with Gasteiger partial charge in [0.15, 0.2) is 0 Å². The van der Waals surface area contributed by atoms with E-state index in [0.29, 0.717) is 0 Å².